The number of rotatable bonds is 10. The van der Waals surface area contributed by atoms with Crippen LogP contribution in [0.15, 0.2) is 83.1 Å². The Hall–Kier alpha value is -2.36. The van der Waals surface area contributed by atoms with E-state index in [1.165, 1.54) is 23.6 Å². The van der Waals surface area contributed by atoms with Crippen molar-refractivity contribution in [1.82, 2.24) is 9.62 Å². The molecular formula is C30H31Cl2FN2O3S2. The van der Waals surface area contributed by atoms with Gasteiger partial charge < -0.3 is 10.1 Å². The third-order valence-corrected chi connectivity index (χ3v) is 8.83. The molecule has 3 aromatic carbocycles. The first kappa shape index (κ1) is 30.6. The minimum absolute atomic E-state index is 0.0796. The minimum Gasteiger partial charge on any atom is -0.489 e. The summed E-state index contributed by atoms with van der Waals surface area (Å²) in [6.45, 7) is 2.88. The maximum absolute atomic E-state index is 15.5. The van der Waals surface area contributed by atoms with Crippen LogP contribution in [0.25, 0.3) is 11.1 Å². The number of piperidine rings is 1. The smallest absolute Gasteiger partial charge is 0.258 e. The maximum atomic E-state index is 15.5. The van der Waals surface area contributed by atoms with Gasteiger partial charge in [0, 0.05) is 74.9 Å². The molecule has 2 atom stereocenters. The normalized spacial score (nSPS) is 16.9. The molecule has 5 nitrogen and oxygen atoms in total. The van der Waals surface area contributed by atoms with Gasteiger partial charge in [0.05, 0.1) is 0 Å². The predicted molar refractivity (Wildman–Crippen MR) is 164 cm³/mol. The molecule has 1 fully saturated rings. The molecule has 212 valence electrons. The topological polar surface area (TPSA) is 58.6 Å². The van der Waals surface area contributed by atoms with Gasteiger partial charge in [-0.15, -0.1) is 0 Å². The van der Waals surface area contributed by atoms with E-state index in [0.29, 0.717) is 35.5 Å². The zero-order chi connectivity index (χ0) is 28.7. The lowest BCUT2D eigenvalue weighted by Gasteiger charge is -2.35. The van der Waals surface area contributed by atoms with Crippen LogP contribution in [0.5, 0.6) is 5.75 Å². The summed E-state index contributed by atoms with van der Waals surface area (Å²) in [6, 6.07) is 20.6. The number of carbonyl (C=O) groups excluding carboxylic acids is 1. The van der Waals surface area contributed by atoms with Crippen molar-refractivity contribution in [2.24, 2.45) is 0 Å². The summed E-state index contributed by atoms with van der Waals surface area (Å²) >= 11 is 14.2. The summed E-state index contributed by atoms with van der Waals surface area (Å²) in [6.07, 6.45) is 3.31. The Labute approximate surface area is 251 Å². The molecule has 0 aliphatic carbocycles. The fourth-order valence-corrected chi connectivity index (χ4v) is 6.11. The zero-order valence-electron chi connectivity index (χ0n) is 22.2. The van der Waals surface area contributed by atoms with Crippen LogP contribution in [0.4, 0.5) is 4.39 Å². The van der Waals surface area contributed by atoms with Gasteiger partial charge in [-0.05, 0) is 66.4 Å². The molecule has 4 rings (SSSR count). The van der Waals surface area contributed by atoms with Crippen LogP contribution in [-0.4, -0.2) is 45.5 Å². The van der Waals surface area contributed by atoms with Gasteiger partial charge in [0.15, 0.2) is 5.67 Å². The first-order valence-electron chi connectivity index (χ1n) is 12.8. The number of hydrogen-bond acceptors (Lipinski definition) is 5. The molecule has 1 heterocycles. The average Bonchev–Trinajstić information content (AvgIpc) is 2.94. The number of carbonyl (C=O) groups is 1. The second-order valence-corrected chi connectivity index (χ2v) is 12.9. The lowest BCUT2D eigenvalue weighted by molar-refractivity contribution is -0.135. The summed E-state index contributed by atoms with van der Waals surface area (Å²) in [5, 5.41) is 5.43. The van der Waals surface area contributed by atoms with Gasteiger partial charge in [-0.2, -0.15) is 0 Å². The summed E-state index contributed by atoms with van der Waals surface area (Å²) in [5.74, 6) is 0.0748. The highest BCUT2D eigenvalue weighted by atomic mass is 35.5. The highest BCUT2D eigenvalue weighted by molar-refractivity contribution is 7.97. The number of nitrogens with one attached hydrogen (secondary N) is 1. The minimum atomic E-state index is -1.94. The SMILES string of the molecule is CC(/C=C\S(C)=O)NC(=O)C1(F)CCN(Sc2ccc(Cl)cc2-c2cccc(OCc3ccccc3Cl)c2)CC1. The van der Waals surface area contributed by atoms with Crippen molar-refractivity contribution in [3.63, 3.8) is 0 Å². The third-order valence-electron chi connectivity index (χ3n) is 6.51. The zero-order valence-corrected chi connectivity index (χ0v) is 25.4. The van der Waals surface area contributed by atoms with Crippen LogP contribution in [0.3, 0.4) is 0 Å². The Kier molecular flexibility index (Phi) is 10.7. The molecule has 1 amide bonds. The van der Waals surface area contributed by atoms with E-state index in [2.05, 4.69) is 9.62 Å². The van der Waals surface area contributed by atoms with Gasteiger partial charge in [0.2, 0.25) is 0 Å². The van der Waals surface area contributed by atoms with Crippen molar-refractivity contribution in [1.29, 1.82) is 0 Å². The molecule has 1 N–H and O–H groups in total. The van der Waals surface area contributed by atoms with E-state index in [4.69, 9.17) is 27.9 Å². The van der Waals surface area contributed by atoms with Crippen LogP contribution in [0.1, 0.15) is 25.3 Å². The quantitative estimate of drug-likeness (QED) is 0.239. The average molecular weight is 622 g/mol. The van der Waals surface area contributed by atoms with Crippen molar-refractivity contribution >= 4 is 51.9 Å². The number of alkyl halides is 1. The summed E-state index contributed by atoms with van der Waals surface area (Å²) in [5.41, 5.74) is 0.831. The Morgan fingerprint density at radius 3 is 2.62 bits per heavy atom. The van der Waals surface area contributed by atoms with Crippen molar-refractivity contribution in [3.8, 4) is 16.9 Å². The molecule has 10 heteroatoms. The van der Waals surface area contributed by atoms with Gasteiger partial charge in [0.25, 0.3) is 5.91 Å². The molecule has 2 unspecified atom stereocenters. The van der Waals surface area contributed by atoms with Crippen LogP contribution < -0.4 is 10.1 Å². The molecule has 0 radical (unpaired) electrons. The summed E-state index contributed by atoms with van der Waals surface area (Å²) in [7, 11) is -1.12. The molecular weight excluding hydrogens is 590 g/mol. The molecule has 1 aliphatic heterocycles. The maximum Gasteiger partial charge on any atom is 0.258 e. The van der Waals surface area contributed by atoms with E-state index in [-0.39, 0.29) is 12.8 Å². The van der Waals surface area contributed by atoms with Crippen LogP contribution in [0.2, 0.25) is 10.0 Å². The second-order valence-electron chi connectivity index (χ2n) is 9.62. The summed E-state index contributed by atoms with van der Waals surface area (Å²) < 4.78 is 34.9. The van der Waals surface area contributed by atoms with Crippen molar-refractivity contribution in [2.75, 3.05) is 19.3 Å². The van der Waals surface area contributed by atoms with E-state index in [1.807, 2.05) is 66.7 Å². The number of hydrogen-bond donors (Lipinski definition) is 1. The van der Waals surface area contributed by atoms with Gasteiger partial charge in [-0.1, -0.05) is 59.6 Å². The van der Waals surface area contributed by atoms with Crippen LogP contribution in [-0.2, 0) is 22.2 Å². The lowest BCUT2D eigenvalue weighted by atomic mass is 9.93. The van der Waals surface area contributed by atoms with E-state index in [9.17, 15) is 9.00 Å². The Bertz CT molecular complexity index is 1400. The van der Waals surface area contributed by atoms with E-state index in [1.54, 1.807) is 13.0 Å². The molecule has 1 saturated heterocycles. The van der Waals surface area contributed by atoms with Crippen molar-refractivity contribution < 1.29 is 18.1 Å². The molecule has 0 saturated carbocycles. The Balaban J connectivity index is 1.42. The van der Waals surface area contributed by atoms with Gasteiger partial charge >= 0.3 is 0 Å². The molecule has 0 bridgehead atoms. The van der Waals surface area contributed by atoms with E-state index in [0.717, 1.165) is 21.6 Å². The van der Waals surface area contributed by atoms with Crippen molar-refractivity contribution in [3.05, 3.63) is 93.8 Å². The number of nitrogens with zero attached hydrogens (tertiary/aromatic N) is 1. The monoisotopic (exact) mass is 620 g/mol. The highest BCUT2D eigenvalue weighted by Gasteiger charge is 2.42. The Morgan fingerprint density at radius 2 is 1.90 bits per heavy atom. The summed E-state index contributed by atoms with van der Waals surface area (Å²) in [4.78, 5) is 13.6. The number of halogens is 3. The lowest BCUT2D eigenvalue weighted by Crippen LogP contribution is -2.51. The molecule has 0 aromatic heterocycles. The molecule has 40 heavy (non-hydrogen) atoms. The third kappa shape index (κ3) is 8.33. The largest absolute Gasteiger partial charge is 0.489 e. The Morgan fingerprint density at radius 1 is 1.15 bits per heavy atom. The standard InChI is InChI=1S/C30H31Cl2FN2O3S2/c1-21(12-17-40(2)37)34-29(36)30(33)13-15-35(16-14-30)39-28-11-10-24(31)19-26(28)22-7-5-8-25(18-22)38-20-23-6-3-4-9-27(23)32/h3-12,17-19,21H,13-16,20H2,1-2H3,(H,34,36)/b17-12-. The highest BCUT2D eigenvalue weighted by Crippen LogP contribution is 2.39. The first-order chi connectivity index (χ1) is 19.1. The van der Waals surface area contributed by atoms with Gasteiger partial charge in [-0.3, -0.25) is 9.00 Å². The van der Waals surface area contributed by atoms with Crippen LogP contribution in [0, 0.1) is 0 Å². The number of ether oxygens (including phenoxy) is 1. The van der Waals surface area contributed by atoms with Gasteiger partial charge in [-0.25, -0.2) is 8.70 Å². The van der Waals surface area contributed by atoms with Crippen molar-refractivity contribution in [2.45, 2.75) is 43.0 Å². The number of amides is 1. The number of benzene rings is 3. The first-order valence-corrected chi connectivity index (χ1v) is 16.0. The molecule has 1 aliphatic rings. The van der Waals surface area contributed by atoms with Gasteiger partial charge in [0.1, 0.15) is 12.4 Å². The fourth-order valence-electron chi connectivity index (χ4n) is 4.25. The molecule has 0 spiro atoms. The fraction of sp³-hybridized carbons (Fsp3) is 0.300. The van der Waals surface area contributed by atoms with E-state index < -0.39 is 28.4 Å². The molecule has 3 aromatic rings. The predicted octanol–water partition coefficient (Wildman–Crippen LogP) is 7.45. The van der Waals surface area contributed by atoms with Crippen LogP contribution >= 0.6 is 35.1 Å². The second kappa shape index (κ2) is 14.0. The van der Waals surface area contributed by atoms with E-state index >= 15 is 4.39 Å².